The monoisotopic (exact) mass is 1520 g/mol. The van der Waals surface area contributed by atoms with E-state index in [1.807, 2.05) is 75.2 Å². The minimum absolute atomic E-state index is 0.0315. The minimum atomic E-state index is -2.53. The van der Waals surface area contributed by atoms with Crippen molar-refractivity contribution in [1.29, 1.82) is 0 Å². The smallest absolute Gasteiger partial charge is 0.373 e. The Morgan fingerprint density at radius 2 is 0.830 bits per heavy atom. The number of aromatic nitrogens is 10. The number of hydrogen-bond donors (Lipinski definition) is 8. The lowest BCUT2D eigenvalue weighted by Crippen LogP contribution is -2.66. The Bertz CT molecular complexity index is 4610. The van der Waals surface area contributed by atoms with E-state index in [-0.39, 0.29) is 42.4 Å². The summed E-state index contributed by atoms with van der Waals surface area (Å²) in [6.07, 6.45) is 21.2. The largest absolute Gasteiger partial charge is 0.403 e. The van der Waals surface area contributed by atoms with Gasteiger partial charge in [0.05, 0.1) is 69.1 Å². The molecule has 0 spiro atoms. The highest BCUT2D eigenvalue weighted by atomic mass is 79.9. The van der Waals surface area contributed by atoms with Gasteiger partial charge in [0, 0.05) is 72.9 Å². The fraction of sp³-hybridized carbons (Fsp3) is 0.231. The normalized spacial score (nSPS) is 9.52. The third-order valence-corrected chi connectivity index (χ3v) is 20.0. The van der Waals surface area contributed by atoms with Crippen LogP contribution in [0.25, 0.3) is 33.1 Å². The lowest BCUT2D eigenvalue weighted by Gasteiger charge is -2.43. The summed E-state index contributed by atoms with van der Waals surface area (Å²) < 4.78 is 7.72. The zero-order chi connectivity index (χ0) is 79.5. The van der Waals surface area contributed by atoms with Crippen LogP contribution in [0.2, 0.25) is 5.04 Å². The second-order valence-corrected chi connectivity index (χ2v) is 28.0. The molecular weight excluding hydrogens is 1430 g/mol. The maximum atomic E-state index is 8.85. The molecule has 2 aromatic carbocycles. The van der Waals surface area contributed by atoms with Crippen molar-refractivity contribution in [3.63, 3.8) is 0 Å². The van der Waals surface area contributed by atoms with Crippen molar-refractivity contribution in [1.82, 2.24) is 49.8 Å². The summed E-state index contributed by atoms with van der Waals surface area (Å²) in [5, 5.41) is 11.4. The molecule has 0 saturated heterocycles. The van der Waals surface area contributed by atoms with Crippen molar-refractivity contribution < 1.29 is 57.5 Å². The fourth-order valence-electron chi connectivity index (χ4n) is 9.60. The van der Waals surface area contributed by atoms with E-state index in [4.69, 9.17) is 80.4 Å². The van der Waals surface area contributed by atoms with Gasteiger partial charge in [-0.15, -0.1) is 0 Å². The number of fused-ring (bicyclic) bond motifs is 3. The van der Waals surface area contributed by atoms with Crippen LogP contribution in [-0.4, -0.2) is 94.0 Å². The maximum absolute atomic E-state index is 8.85. The molecule has 0 amide bonds. The SMILES string of the molecule is CC#Cc1ncc(CC)cc1N.CCc1cnc(Br)c(N)c1.CCc1cnc2cc(C)[nH]c2c1.CCc1cncc(N)c1.Cc1cc2ncc(CO)cc2[nH]1.Cc1cc2ncc(CO[Si](c3ccccc3)(c3ccccc3)C(C)(C)C)cc2[nH]1.Nc1cccnc1.O=C=O.O=C=O.O=C=O.O=C=O.O=C=O. The second kappa shape index (κ2) is 51.5. The number of H-pyrrole nitrogens is 3. The van der Waals surface area contributed by atoms with Crippen molar-refractivity contribution in [3.8, 4) is 11.8 Å². The van der Waals surface area contributed by atoms with Gasteiger partial charge < -0.3 is 47.4 Å². The molecule has 28 heteroatoms. The van der Waals surface area contributed by atoms with Crippen molar-refractivity contribution in [2.75, 3.05) is 22.9 Å². The average Bonchev–Trinajstić information content (AvgIpc) is 1.03. The minimum Gasteiger partial charge on any atom is -0.403 e. The predicted octanol–water partition coefficient (Wildman–Crippen LogP) is 11.3. The Hall–Kier alpha value is -12.6. The number of nitrogens with zero attached hydrogens (tertiary/aromatic N) is 7. The molecule has 0 saturated carbocycles. The number of rotatable bonds is 10. The van der Waals surface area contributed by atoms with Crippen LogP contribution in [0, 0.1) is 32.6 Å². The van der Waals surface area contributed by atoms with E-state index >= 15 is 0 Å². The molecule has 0 aliphatic carbocycles. The first-order valence-corrected chi connectivity index (χ1v) is 35.1. The number of halogens is 1. The van der Waals surface area contributed by atoms with E-state index in [9.17, 15) is 0 Å². The Kier molecular flexibility index (Phi) is 44.4. The van der Waals surface area contributed by atoms with Crippen molar-refractivity contribution in [3.05, 3.63) is 244 Å². The molecule has 10 aromatic heterocycles. The Morgan fingerprint density at radius 1 is 0.453 bits per heavy atom. The van der Waals surface area contributed by atoms with Gasteiger partial charge in [0.2, 0.25) is 0 Å². The van der Waals surface area contributed by atoms with Gasteiger partial charge in [-0.3, -0.25) is 24.9 Å². The van der Waals surface area contributed by atoms with Crippen LogP contribution in [0.3, 0.4) is 0 Å². The van der Waals surface area contributed by atoms with Crippen LogP contribution in [0.4, 0.5) is 22.7 Å². The average molecular weight is 1520 g/mol. The third kappa shape index (κ3) is 33.0. The summed E-state index contributed by atoms with van der Waals surface area (Å²) in [4.78, 5) is 120. The van der Waals surface area contributed by atoms with Crippen molar-refractivity contribution in [2.45, 2.75) is 120 Å². The van der Waals surface area contributed by atoms with Gasteiger partial charge in [-0.25, -0.2) is 9.97 Å². The molecule has 12 rings (SSSR count). The predicted molar refractivity (Wildman–Crippen MR) is 408 cm³/mol. The van der Waals surface area contributed by atoms with E-state index < -0.39 is 8.32 Å². The highest BCUT2D eigenvalue weighted by Gasteiger charge is 2.50. The lowest BCUT2D eigenvalue weighted by molar-refractivity contribution is -0.193. The Balaban J connectivity index is 0.000000628. The number of anilines is 4. The number of aryl methyl sites for hydroxylation is 7. The summed E-state index contributed by atoms with van der Waals surface area (Å²) >= 11 is 3.22. The Labute approximate surface area is 624 Å². The highest BCUT2D eigenvalue weighted by molar-refractivity contribution is 9.10. The second-order valence-electron chi connectivity index (χ2n) is 22.9. The molecule has 0 atom stereocenters. The van der Waals surface area contributed by atoms with Crippen LogP contribution >= 0.6 is 15.9 Å². The van der Waals surface area contributed by atoms with Crippen LogP contribution in [0.5, 0.6) is 0 Å². The number of hydrogen-bond acceptors (Lipinski definition) is 23. The Morgan fingerprint density at radius 3 is 1.19 bits per heavy atom. The summed E-state index contributed by atoms with van der Waals surface area (Å²) in [5.74, 6) is 5.61. The van der Waals surface area contributed by atoms with Gasteiger partial charge in [-0.1, -0.05) is 115 Å². The molecule has 0 bridgehead atoms. The van der Waals surface area contributed by atoms with E-state index in [1.165, 1.54) is 32.8 Å². The molecule has 552 valence electrons. The van der Waals surface area contributed by atoms with E-state index in [1.54, 1.807) is 43.8 Å². The summed E-state index contributed by atoms with van der Waals surface area (Å²) in [5.41, 5.74) is 41.9. The molecule has 26 nitrogen and oxygen atoms in total. The standard InChI is InChI=1S/C25H28N2OSi.2C10H12N2.C9H10N2O.C7H9BrN2.C7H10N2.C5H6N2.5CO2/c1-19-15-23-24(27-19)16-20(17-26-23)18-28-29(25(2,3)4,21-11-7-5-8-12-21)22-13-9-6-10-14-22;1-3-8-5-10-9(11-6-8)4-7(2)12-10;1-3-5-10-9(11)6-8(4-2)7-12-10;1-6-2-8-9(11-6)3-7(5-12)4-10-8;1-2-5-3-6(9)7(8)10-4-5;1-2-6-3-7(8)5-9-4-6;6-5-2-1-3-7-4-5;5*2-1-3/h5-17,27H,18H2,1-4H3;4-6,12H,3H2,1-2H3;6-7H,4,11H2,1-2H3;2-4,11-12H,5H2,1H3;3-4H,2,9H2,1H3;3-5H,2,8H2,1H3;1-4H,6H2;;;;;. The van der Waals surface area contributed by atoms with Crippen LogP contribution in [0.15, 0.2) is 188 Å². The number of benzene rings is 2. The van der Waals surface area contributed by atoms with E-state index in [2.05, 4.69) is 218 Å². The molecule has 10 heterocycles. The summed E-state index contributed by atoms with van der Waals surface area (Å²) in [7, 11) is -2.53. The molecule has 0 aliphatic rings. The van der Waals surface area contributed by atoms with Crippen molar-refractivity contribution >= 4 is 121 Å². The van der Waals surface area contributed by atoms with Gasteiger partial charge in [-0.2, -0.15) is 47.9 Å². The number of aromatic amines is 3. The first kappa shape index (κ1) is 91.4. The molecule has 0 fully saturated rings. The molecule has 106 heavy (non-hydrogen) atoms. The summed E-state index contributed by atoms with van der Waals surface area (Å²) in [6.45, 7) is 23.7. The van der Waals surface area contributed by atoms with Gasteiger partial charge in [-0.05, 0) is 191 Å². The van der Waals surface area contributed by atoms with Crippen molar-refractivity contribution in [2.24, 2.45) is 0 Å². The zero-order valence-corrected chi connectivity index (χ0v) is 63.4. The zero-order valence-electron chi connectivity index (χ0n) is 60.8. The highest BCUT2D eigenvalue weighted by Crippen LogP contribution is 2.37. The maximum Gasteiger partial charge on any atom is 0.373 e. The first-order valence-electron chi connectivity index (χ1n) is 32.4. The molecule has 0 radical (unpaired) electrons. The van der Waals surface area contributed by atoms with Gasteiger partial charge >= 0.3 is 30.8 Å². The lowest BCUT2D eigenvalue weighted by atomic mass is 10.2. The first-order chi connectivity index (χ1) is 50.8. The topological polar surface area (TPSA) is 442 Å². The van der Waals surface area contributed by atoms with E-state index in [0.717, 1.165) is 97.2 Å². The molecule has 0 aliphatic heterocycles. The summed E-state index contributed by atoms with van der Waals surface area (Å²) in [6, 6.07) is 43.2. The van der Waals surface area contributed by atoms with Gasteiger partial charge in [0.1, 0.15) is 10.3 Å². The number of nitrogen functional groups attached to an aromatic ring is 4. The van der Waals surface area contributed by atoms with Crippen LogP contribution in [-0.2, 0) is 91.3 Å². The number of pyridine rings is 7. The van der Waals surface area contributed by atoms with Gasteiger partial charge in [0.25, 0.3) is 8.32 Å². The van der Waals surface area contributed by atoms with Crippen LogP contribution in [0.1, 0.15) is 112 Å². The molecular formula is C78H87BrN14O12Si. The molecule has 0 unspecified atom stereocenters. The van der Waals surface area contributed by atoms with Gasteiger partial charge in [0.15, 0.2) is 0 Å². The fourth-order valence-corrected chi connectivity index (χ4v) is 14.4. The number of nitrogens with one attached hydrogen (secondary N) is 3. The number of aliphatic hydroxyl groups is 1. The molecule has 12 N–H and O–H groups in total. The number of aliphatic hydroxyl groups excluding tert-OH is 1. The number of carbonyl (C=O) groups excluding carboxylic acids is 10. The van der Waals surface area contributed by atoms with E-state index in [0.29, 0.717) is 29.4 Å². The molecule has 12 aromatic rings. The third-order valence-electron chi connectivity index (χ3n) is 14.3. The van der Waals surface area contributed by atoms with Crippen LogP contribution < -0.4 is 33.3 Å². The quantitative estimate of drug-likeness (QED) is 0.0358. The number of nitrogens with two attached hydrogens (primary N) is 4.